The van der Waals surface area contributed by atoms with Crippen LogP contribution in [0.5, 0.6) is 0 Å². The molecule has 5 nitrogen and oxygen atoms in total. The highest BCUT2D eigenvalue weighted by atomic mass is 16.5. The lowest BCUT2D eigenvalue weighted by atomic mass is 10.0. The number of amides is 1. The average Bonchev–Trinajstić information content (AvgIpc) is 2.97. The molecule has 2 unspecified atom stereocenters. The monoisotopic (exact) mass is 379 g/mol. The fraction of sp³-hybridized carbons (Fsp3) is 0.773. The van der Waals surface area contributed by atoms with Crippen LogP contribution in [-0.2, 0) is 19.1 Å². The number of carbonyl (C=O) groups is 3. The molecule has 0 aromatic carbocycles. The van der Waals surface area contributed by atoms with Crippen LogP contribution in [0.2, 0.25) is 0 Å². The smallest absolute Gasteiger partial charge is 0.305 e. The number of esters is 1. The van der Waals surface area contributed by atoms with Gasteiger partial charge in [0.2, 0.25) is 5.91 Å². The van der Waals surface area contributed by atoms with Crippen LogP contribution in [0, 0.1) is 5.92 Å². The van der Waals surface area contributed by atoms with Crippen molar-refractivity contribution in [3.05, 3.63) is 12.2 Å². The number of ether oxygens (including phenoxy) is 1. The van der Waals surface area contributed by atoms with Crippen LogP contribution in [0.1, 0.15) is 85.0 Å². The highest BCUT2D eigenvalue weighted by Crippen LogP contribution is 2.23. The fourth-order valence-electron chi connectivity index (χ4n) is 3.47. The molecule has 0 saturated carbocycles. The van der Waals surface area contributed by atoms with E-state index in [0.29, 0.717) is 31.8 Å². The first-order valence-electron chi connectivity index (χ1n) is 10.6. The van der Waals surface area contributed by atoms with Gasteiger partial charge in [-0.25, -0.2) is 0 Å². The molecule has 1 heterocycles. The molecule has 1 rings (SSSR count). The molecule has 0 aromatic rings. The molecule has 0 aliphatic carbocycles. The summed E-state index contributed by atoms with van der Waals surface area (Å²) in [6, 6.07) is 0.0506. The number of ketones is 1. The quantitative estimate of drug-likeness (QED) is 0.254. The number of likely N-dealkylation sites (tertiary alicyclic amines) is 1. The number of allylic oxidation sites excluding steroid dienone is 1. The molecule has 1 saturated heterocycles. The molecule has 1 amide bonds. The Kier molecular flexibility index (Phi) is 11.7. The standard InChI is InChI=1S/C22H37NO4/c1-4-6-7-11-20(24)15-13-19-14-16-21(25)23(19)17-18(3)10-8-9-12-22(26)27-5-2/h13,15,18-19H,4-12,14,16-17H2,1-3H3/b15-13+. The van der Waals surface area contributed by atoms with Crippen LogP contribution in [-0.4, -0.2) is 41.8 Å². The Morgan fingerprint density at radius 3 is 2.63 bits per heavy atom. The lowest BCUT2D eigenvalue weighted by molar-refractivity contribution is -0.143. The van der Waals surface area contributed by atoms with Crippen molar-refractivity contribution in [2.75, 3.05) is 13.2 Å². The molecule has 5 heteroatoms. The fourth-order valence-corrected chi connectivity index (χ4v) is 3.47. The molecular weight excluding hydrogens is 342 g/mol. The topological polar surface area (TPSA) is 63.7 Å². The molecular formula is C22H37NO4. The van der Waals surface area contributed by atoms with Gasteiger partial charge in [0.1, 0.15) is 0 Å². The maximum absolute atomic E-state index is 12.2. The predicted octanol–water partition coefficient (Wildman–Crippen LogP) is 4.44. The zero-order valence-corrected chi connectivity index (χ0v) is 17.4. The summed E-state index contributed by atoms with van der Waals surface area (Å²) >= 11 is 0. The summed E-state index contributed by atoms with van der Waals surface area (Å²) in [6.07, 6.45) is 11.9. The Morgan fingerprint density at radius 2 is 1.93 bits per heavy atom. The van der Waals surface area contributed by atoms with Gasteiger partial charge in [0.15, 0.2) is 5.78 Å². The largest absolute Gasteiger partial charge is 0.466 e. The van der Waals surface area contributed by atoms with E-state index < -0.39 is 0 Å². The van der Waals surface area contributed by atoms with Crippen LogP contribution in [0.4, 0.5) is 0 Å². The van der Waals surface area contributed by atoms with Crippen molar-refractivity contribution >= 4 is 17.7 Å². The van der Waals surface area contributed by atoms with Gasteiger partial charge in [-0.3, -0.25) is 14.4 Å². The third kappa shape index (κ3) is 9.73. The number of nitrogens with zero attached hydrogens (tertiary/aromatic N) is 1. The van der Waals surface area contributed by atoms with Crippen molar-refractivity contribution in [2.45, 2.75) is 91.0 Å². The van der Waals surface area contributed by atoms with Gasteiger partial charge in [-0.15, -0.1) is 0 Å². The van der Waals surface area contributed by atoms with Gasteiger partial charge in [-0.1, -0.05) is 39.2 Å². The molecule has 1 aliphatic rings. The van der Waals surface area contributed by atoms with Crippen LogP contribution < -0.4 is 0 Å². The molecule has 0 radical (unpaired) electrons. The van der Waals surface area contributed by atoms with E-state index in [4.69, 9.17) is 4.74 Å². The van der Waals surface area contributed by atoms with E-state index in [2.05, 4.69) is 13.8 Å². The second kappa shape index (κ2) is 13.5. The third-order valence-corrected chi connectivity index (χ3v) is 5.05. The summed E-state index contributed by atoms with van der Waals surface area (Å²) in [7, 11) is 0. The maximum Gasteiger partial charge on any atom is 0.305 e. The van der Waals surface area contributed by atoms with Gasteiger partial charge in [0, 0.05) is 25.8 Å². The van der Waals surface area contributed by atoms with Crippen molar-refractivity contribution in [2.24, 2.45) is 5.92 Å². The number of rotatable bonds is 14. The normalized spacial score (nSPS) is 18.3. The summed E-state index contributed by atoms with van der Waals surface area (Å²) < 4.78 is 4.93. The minimum absolute atomic E-state index is 0.0506. The van der Waals surface area contributed by atoms with Gasteiger partial charge >= 0.3 is 5.97 Å². The Morgan fingerprint density at radius 1 is 1.19 bits per heavy atom. The van der Waals surface area contributed by atoms with Crippen molar-refractivity contribution in [3.8, 4) is 0 Å². The molecule has 0 N–H and O–H groups in total. The molecule has 154 valence electrons. The summed E-state index contributed by atoms with van der Waals surface area (Å²) in [4.78, 5) is 37.4. The summed E-state index contributed by atoms with van der Waals surface area (Å²) in [5.74, 6) is 0.593. The second-order valence-electron chi connectivity index (χ2n) is 7.59. The zero-order valence-electron chi connectivity index (χ0n) is 17.4. The number of hydrogen-bond acceptors (Lipinski definition) is 4. The van der Waals surface area contributed by atoms with Crippen LogP contribution in [0.25, 0.3) is 0 Å². The molecule has 27 heavy (non-hydrogen) atoms. The highest BCUT2D eigenvalue weighted by Gasteiger charge is 2.29. The Balaban J connectivity index is 2.36. The average molecular weight is 380 g/mol. The Labute approximate surface area is 164 Å². The van der Waals surface area contributed by atoms with E-state index in [1.807, 2.05) is 17.9 Å². The minimum Gasteiger partial charge on any atom is -0.466 e. The van der Waals surface area contributed by atoms with Crippen LogP contribution >= 0.6 is 0 Å². The zero-order chi connectivity index (χ0) is 20.1. The van der Waals surface area contributed by atoms with E-state index in [-0.39, 0.29) is 23.7 Å². The Bertz CT molecular complexity index is 501. The number of hydrogen-bond donors (Lipinski definition) is 0. The van der Waals surface area contributed by atoms with Gasteiger partial charge in [0.05, 0.1) is 12.6 Å². The minimum atomic E-state index is -0.131. The third-order valence-electron chi connectivity index (χ3n) is 5.05. The van der Waals surface area contributed by atoms with E-state index in [1.165, 1.54) is 0 Å². The second-order valence-corrected chi connectivity index (χ2v) is 7.59. The summed E-state index contributed by atoms with van der Waals surface area (Å²) in [6.45, 7) is 7.24. The van der Waals surface area contributed by atoms with Gasteiger partial charge < -0.3 is 9.64 Å². The van der Waals surface area contributed by atoms with E-state index in [0.717, 1.165) is 51.5 Å². The van der Waals surface area contributed by atoms with Gasteiger partial charge in [-0.2, -0.15) is 0 Å². The van der Waals surface area contributed by atoms with Crippen molar-refractivity contribution in [1.82, 2.24) is 4.90 Å². The van der Waals surface area contributed by atoms with Crippen LogP contribution in [0.3, 0.4) is 0 Å². The predicted molar refractivity (Wildman–Crippen MR) is 107 cm³/mol. The van der Waals surface area contributed by atoms with Crippen LogP contribution in [0.15, 0.2) is 12.2 Å². The SMILES string of the molecule is CCCCCC(=O)/C=C/C1CCC(=O)N1CC(C)CCCCC(=O)OCC. The lowest BCUT2D eigenvalue weighted by Crippen LogP contribution is -2.35. The first-order valence-corrected chi connectivity index (χ1v) is 10.6. The summed E-state index contributed by atoms with van der Waals surface area (Å²) in [5.41, 5.74) is 0. The first kappa shape index (κ1) is 23.4. The number of unbranched alkanes of at least 4 members (excludes halogenated alkanes) is 3. The number of carbonyl (C=O) groups excluding carboxylic acids is 3. The first-order chi connectivity index (χ1) is 13.0. The molecule has 1 fully saturated rings. The molecule has 2 atom stereocenters. The Hall–Kier alpha value is -1.65. The van der Waals surface area contributed by atoms with Gasteiger partial charge in [0.25, 0.3) is 0 Å². The van der Waals surface area contributed by atoms with E-state index >= 15 is 0 Å². The van der Waals surface area contributed by atoms with Crippen molar-refractivity contribution in [3.63, 3.8) is 0 Å². The molecule has 0 aromatic heterocycles. The lowest BCUT2D eigenvalue weighted by Gasteiger charge is -2.26. The van der Waals surface area contributed by atoms with Gasteiger partial charge in [-0.05, 0) is 44.6 Å². The maximum atomic E-state index is 12.2. The molecule has 0 spiro atoms. The van der Waals surface area contributed by atoms with Crippen molar-refractivity contribution < 1.29 is 19.1 Å². The molecule has 0 bridgehead atoms. The van der Waals surface area contributed by atoms with E-state index in [1.54, 1.807) is 6.08 Å². The molecule has 1 aliphatic heterocycles. The summed E-state index contributed by atoms with van der Waals surface area (Å²) in [5, 5.41) is 0. The highest BCUT2D eigenvalue weighted by molar-refractivity contribution is 5.90. The van der Waals surface area contributed by atoms with E-state index in [9.17, 15) is 14.4 Å². The van der Waals surface area contributed by atoms with Crippen molar-refractivity contribution in [1.29, 1.82) is 0 Å².